The van der Waals surface area contributed by atoms with Gasteiger partial charge in [0.1, 0.15) is 5.58 Å². The van der Waals surface area contributed by atoms with Gasteiger partial charge in [0.25, 0.3) is 0 Å². The van der Waals surface area contributed by atoms with Gasteiger partial charge in [0.2, 0.25) is 0 Å². The van der Waals surface area contributed by atoms with Crippen LogP contribution in [0.5, 0.6) is 0 Å². The summed E-state index contributed by atoms with van der Waals surface area (Å²) in [5, 5.41) is 4.28. The Kier molecular flexibility index (Phi) is 2.53. The molecule has 0 fully saturated rings. The molecule has 14 heavy (non-hydrogen) atoms. The highest BCUT2D eigenvalue weighted by Crippen LogP contribution is 2.20. The maximum atomic E-state index is 5.39. The van der Waals surface area contributed by atoms with E-state index in [1.54, 1.807) is 6.26 Å². The molecule has 2 nitrogen and oxygen atoms in total. The fourth-order valence-corrected chi connectivity index (χ4v) is 1.44. The zero-order valence-electron chi connectivity index (χ0n) is 7.79. The predicted octanol–water partition coefficient (Wildman–Crippen LogP) is 2.16. The Morgan fingerprint density at radius 3 is 3.07 bits per heavy atom. The lowest BCUT2D eigenvalue weighted by atomic mass is 10.2. The highest BCUT2D eigenvalue weighted by atomic mass is 16.3. The number of para-hydroxylation sites is 1. The van der Waals surface area contributed by atoms with Crippen molar-refractivity contribution in [2.75, 3.05) is 6.54 Å². The quantitative estimate of drug-likeness (QED) is 0.585. The van der Waals surface area contributed by atoms with Gasteiger partial charge in [0, 0.05) is 17.5 Å². The molecule has 70 valence electrons. The van der Waals surface area contributed by atoms with Crippen molar-refractivity contribution < 1.29 is 4.42 Å². The molecule has 0 unspecified atom stereocenters. The Hall–Kier alpha value is -1.72. The Bertz CT molecular complexity index is 464. The average Bonchev–Trinajstić information content (AvgIpc) is 2.63. The molecule has 1 heterocycles. The number of furan rings is 1. The summed E-state index contributed by atoms with van der Waals surface area (Å²) < 4.78 is 5.39. The number of terminal acetylenes is 1. The maximum Gasteiger partial charge on any atom is 0.134 e. The molecule has 0 bridgehead atoms. The second kappa shape index (κ2) is 3.99. The maximum absolute atomic E-state index is 5.39. The lowest BCUT2D eigenvalue weighted by Crippen LogP contribution is -2.12. The van der Waals surface area contributed by atoms with Crippen LogP contribution in [0.2, 0.25) is 0 Å². The zero-order valence-corrected chi connectivity index (χ0v) is 7.79. The van der Waals surface area contributed by atoms with Crippen molar-refractivity contribution in [1.82, 2.24) is 5.32 Å². The summed E-state index contributed by atoms with van der Waals surface area (Å²) in [7, 11) is 0. The summed E-state index contributed by atoms with van der Waals surface area (Å²) in [5.74, 6) is 2.54. The van der Waals surface area contributed by atoms with Crippen LogP contribution in [0.4, 0.5) is 0 Å². The SMILES string of the molecule is C#CCNCc1coc2ccccc12. The van der Waals surface area contributed by atoms with Gasteiger partial charge in [-0.3, -0.25) is 0 Å². The zero-order chi connectivity index (χ0) is 9.80. The highest BCUT2D eigenvalue weighted by Gasteiger charge is 2.02. The van der Waals surface area contributed by atoms with E-state index in [2.05, 4.69) is 11.2 Å². The molecule has 0 amide bonds. The van der Waals surface area contributed by atoms with Gasteiger partial charge in [-0.05, 0) is 6.07 Å². The van der Waals surface area contributed by atoms with Gasteiger partial charge in [0.05, 0.1) is 12.8 Å². The first-order valence-electron chi connectivity index (χ1n) is 4.51. The molecule has 0 aliphatic heterocycles. The molecule has 0 aliphatic carbocycles. The lowest BCUT2D eigenvalue weighted by molar-refractivity contribution is 0.606. The van der Waals surface area contributed by atoms with Crippen LogP contribution in [0.25, 0.3) is 11.0 Å². The first-order chi connectivity index (χ1) is 6.92. The fraction of sp³-hybridized carbons (Fsp3) is 0.167. The number of fused-ring (bicyclic) bond motifs is 1. The van der Waals surface area contributed by atoms with Crippen LogP contribution in [0.15, 0.2) is 34.9 Å². The van der Waals surface area contributed by atoms with Crippen LogP contribution < -0.4 is 5.32 Å². The third-order valence-corrected chi connectivity index (χ3v) is 2.10. The highest BCUT2D eigenvalue weighted by molar-refractivity contribution is 5.80. The summed E-state index contributed by atoms with van der Waals surface area (Å²) in [6.07, 6.45) is 6.92. The molecular formula is C12H11NO. The standard InChI is InChI=1S/C12H11NO/c1-2-7-13-8-10-9-14-12-6-4-3-5-11(10)12/h1,3-6,9,13H,7-8H2. The number of benzene rings is 1. The molecule has 0 saturated heterocycles. The van der Waals surface area contributed by atoms with Crippen molar-refractivity contribution in [3.8, 4) is 12.3 Å². The van der Waals surface area contributed by atoms with Crippen LogP contribution in [-0.2, 0) is 6.54 Å². The van der Waals surface area contributed by atoms with Gasteiger partial charge in [0.15, 0.2) is 0 Å². The van der Waals surface area contributed by atoms with Crippen molar-refractivity contribution in [3.63, 3.8) is 0 Å². The summed E-state index contributed by atoms with van der Waals surface area (Å²) in [6, 6.07) is 7.97. The van der Waals surface area contributed by atoms with E-state index in [0.717, 1.165) is 23.1 Å². The van der Waals surface area contributed by atoms with Gasteiger partial charge in [-0.15, -0.1) is 6.42 Å². The second-order valence-corrected chi connectivity index (χ2v) is 3.06. The van der Waals surface area contributed by atoms with Crippen LogP contribution in [0, 0.1) is 12.3 Å². The van der Waals surface area contributed by atoms with E-state index in [1.807, 2.05) is 24.3 Å². The normalized spacial score (nSPS) is 10.2. The first kappa shape index (κ1) is 8.86. The summed E-state index contributed by atoms with van der Waals surface area (Å²) >= 11 is 0. The van der Waals surface area contributed by atoms with Gasteiger partial charge in [-0.2, -0.15) is 0 Å². The van der Waals surface area contributed by atoms with Crippen molar-refractivity contribution >= 4 is 11.0 Å². The molecular weight excluding hydrogens is 174 g/mol. The summed E-state index contributed by atoms with van der Waals surface area (Å²) in [6.45, 7) is 1.33. The van der Waals surface area contributed by atoms with Crippen molar-refractivity contribution in [1.29, 1.82) is 0 Å². The number of hydrogen-bond donors (Lipinski definition) is 1. The lowest BCUT2D eigenvalue weighted by Gasteiger charge is -1.97. The fourth-order valence-electron chi connectivity index (χ4n) is 1.44. The minimum Gasteiger partial charge on any atom is -0.464 e. The molecule has 1 N–H and O–H groups in total. The van der Waals surface area contributed by atoms with Crippen LogP contribution in [-0.4, -0.2) is 6.54 Å². The molecule has 1 aromatic carbocycles. The Balaban J connectivity index is 2.22. The molecule has 2 aromatic rings. The molecule has 0 aliphatic rings. The van der Waals surface area contributed by atoms with E-state index >= 15 is 0 Å². The molecule has 0 radical (unpaired) electrons. The van der Waals surface area contributed by atoms with Crippen molar-refractivity contribution in [3.05, 3.63) is 36.1 Å². The van der Waals surface area contributed by atoms with Gasteiger partial charge in [-0.25, -0.2) is 0 Å². The van der Waals surface area contributed by atoms with E-state index in [9.17, 15) is 0 Å². The number of nitrogens with one attached hydrogen (secondary N) is 1. The summed E-state index contributed by atoms with van der Waals surface area (Å²) in [5.41, 5.74) is 2.07. The Labute approximate surface area is 82.9 Å². The number of hydrogen-bond acceptors (Lipinski definition) is 2. The molecule has 1 aromatic heterocycles. The van der Waals surface area contributed by atoms with Gasteiger partial charge < -0.3 is 9.73 Å². The first-order valence-corrected chi connectivity index (χ1v) is 4.51. The minimum atomic E-state index is 0.583. The predicted molar refractivity (Wildman–Crippen MR) is 56.8 cm³/mol. The van der Waals surface area contributed by atoms with Crippen molar-refractivity contribution in [2.24, 2.45) is 0 Å². The van der Waals surface area contributed by atoms with Crippen molar-refractivity contribution in [2.45, 2.75) is 6.54 Å². The van der Waals surface area contributed by atoms with E-state index in [4.69, 9.17) is 10.8 Å². The molecule has 0 atom stereocenters. The van der Waals surface area contributed by atoms with Crippen LogP contribution >= 0.6 is 0 Å². The Morgan fingerprint density at radius 1 is 1.36 bits per heavy atom. The minimum absolute atomic E-state index is 0.583. The topological polar surface area (TPSA) is 25.2 Å². The number of rotatable bonds is 3. The van der Waals surface area contributed by atoms with E-state index in [-0.39, 0.29) is 0 Å². The van der Waals surface area contributed by atoms with E-state index < -0.39 is 0 Å². The van der Waals surface area contributed by atoms with E-state index in [0.29, 0.717) is 6.54 Å². The largest absolute Gasteiger partial charge is 0.464 e. The van der Waals surface area contributed by atoms with Gasteiger partial charge in [-0.1, -0.05) is 24.1 Å². The third kappa shape index (κ3) is 1.63. The average molecular weight is 185 g/mol. The third-order valence-electron chi connectivity index (χ3n) is 2.10. The van der Waals surface area contributed by atoms with Crippen LogP contribution in [0.1, 0.15) is 5.56 Å². The van der Waals surface area contributed by atoms with E-state index in [1.165, 1.54) is 0 Å². The smallest absolute Gasteiger partial charge is 0.134 e. The molecule has 2 rings (SSSR count). The molecule has 2 heteroatoms. The monoisotopic (exact) mass is 185 g/mol. The second-order valence-electron chi connectivity index (χ2n) is 3.06. The molecule has 0 spiro atoms. The van der Waals surface area contributed by atoms with Crippen LogP contribution in [0.3, 0.4) is 0 Å². The van der Waals surface area contributed by atoms with Gasteiger partial charge >= 0.3 is 0 Å². The molecule has 0 saturated carbocycles. The Morgan fingerprint density at radius 2 is 2.21 bits per heavy atom. The summed E-state index contributed by atoms with van der Waals surface area (Å²) in [4.78, 5) is 0.